The van der Waals surface area contributed by atoms with Crippen molar-refractivity contribution >= 4 is 11.8 Å². The highest BCUT2D eigenvalue weighted by Crippen LogP contribution is 2.53. The zero-order valence-corrected chi connectivity index (χ0v) is 11.6. The molecular weight excluding hydrogens is 226 g/mol. The summed E-state index contributed by atoms with van der Waals surface area (Å²) in [5, 5.41) is 4.08. The first-order valence-electron chi connectivity index (χ1n) is 7.72. The van der Waals surface area contributed by atoms with Crippen LogP contribution in [0.15, 0.2) is 0 Å². The minimum Gasteiger partial charge on any atom is -0.310 e. The van der Waals surface area contributed by atoms with Gasteiger partial charge in [-0.3, -0.25) is 0 Å². The average Bonchev–Trinajstić information content (AvgIpc) is 2.34. The van der Waals surface area contributed by atoms with Crippen LogP contribution in [-0.2, 0) is 0 Å². The van der Waals surface area contributed by atoms with E-state index in [9.17, 15) is 0 Å². The van der Waals surface area contributed by atoms with Crippen LogP contribution >= 0.6 is 11.8 Å². The Morgan fingerprint density at radius 1 is 0.882 bits per heavy atom. The van der Waals surface area contributed by atoms with Gasteiger partial charge in [-0.2, -0.15) is 11.8 Å². The van der Waals surface area contributed by atoms with E-state index in [0.717, 1.165) is 35.8 Å². The van der Waals surface area contributed by atoms with Gasteiger partial charge < -0.3 is 5.32 Å². The molecule has 0 aromatic heterocycles. The van der Waals surface area contributed by atoms with Crippen molar-refractivity contribution in [2.45, 2.75) is 57.0 Å². The molecule has 96 valence electrons. The zero-order valence-electron chi connectivity index (χ0n) is 10.7. The molecule has 4 bridgehead atoms. The summed E-state index contributed by atoms with van der Waals surface area (Å²) in [7, 11) is 0. The van der Waals surface area contributed by atoms with Crippen molar-refractivity contribution in [2.75, 3.05) is 11.5 Å². The Bertz CT molecular complexity index is 257. The third-order valence-electron chi connectivity index (χ3n) is 5.82. The first-order chi connectivity index (χ1) is 8.38. The lowest BCUT2D eigenvalue weighted by Crippen LogP contribution is -2.57. The highest BCUT2D eigenvalue weighted by atomic mass is 32.2. The third kappa shape index (κ3) is 2.06. The normalized spacial score (nSPS) is 52.9. The molecule has 0 aromatic carbocycles. The molecule has 1 nitrogen and oxygen atoms in total. The maximum Gasteiger partial charge on any atom is 0.0161 e. The van der Waals surface area contributed by atoms with Gasteiger partial charge in [0.25, 0.3) is 0 Å². The Hall–Kier alpha value is 0.310. The van der Waals surface area contributed by atoms with Gasteiger partial charge in [-0.1, -0.05) is 0 Å². The largest absolute Gasteiger partial charge is 0.310 e. The molecule has 0 aromatic rings. The molecule has 5 rings (SSSR count). The Labute approximate surface area is 109 Å². The minimum atomic E-state index is 0.844. The summed E-state index contributed by atoms with van der Waals surface area (Å²) >= 11 is 2.17. The topological polar surface area (TPSA) is 12.0 Å². The third-order valence-corrected chi connectivity index (χ3v) is 7.03. The van der Waals surface area contributed by atoms with Gasteiger partial charge in [0.1, 0.15) is 0 Å². The van der Waals surface area contributed by atoms with Crippen LogP contribution in [-0.4, -0.2) is 23.6 Å². The van der Waals surface area contributed by atoms with E-state index in [-0.39, 0.29) is 0 Å². The predicted octanol–water partition coefficient (Wildman–Crippen LogP) is 3.30. The molecule has 17 heavy (non-hydrogen) atoms. The first kappa shape index (κ1) is 11.2. The van der Waals surface area contributed by atoms with Gasteiger partial charge >= 0.3 is 0 Å². The summed E-state index contributed by atoms with van der Waals surface area (Å²) in [6.07, 6.45) is 10.7. The van der Waals surface area contributed by atoms with E-state index < -0.39 is 0 Å². The number of nitrogens with one attached hydrogen (secondary N) is 1. The van der Waals surface area contributed by atoms with Crippen molar-refractivity contribution < 1.29 is 0 Å². The van der Waals surface area contributed by atoms with Crippen LogP contribution in [0, 0.1) is 23.7 Å². The van der Waals surface area contributed by atoms with Crippen molar-refractivity contribution in [1.82, 2.24) is 5.32 Å². The van der Waals surface area contributed by atoms with Crippen LogP contribution in [0.3, 0.4) is 0 Å². The molecule has 1 heterocycles. The first-order valence-corrected chi connectivity index (χ1v) is 8.88. The number of rotatable bonds is 2. The summed E-state index contributed by atoms with van der Waals surface area (Å²) in [6.45, 7) is 0. The second kappa shape index (κ2) is 4.45. The van der Waals surface area contributed by atoms with Crippen molar-refractivity contribution in [3.8, 4) is 0 Å². The lowest BCUT2D eigenvalue weighted by molar-refractivity contribution is -0.0172. The molecule has 1 unspecified atom stereocenters. The quantitative estimate of drug-likeness (QED) is 0.808. The van der Waals surface area contributed by atoms with Crippen LogP contribution < -0.4 is 5.32 Å². The fraction of sp³-hybridized carbons (Fsp3) is 1.00. The molecule has 5 aliphatic rings. The monoisotopic (exact) mass is 251 g/mol. The maximum atomic E-state index is 4.08. The van der Waals surface area contributed by atoms with Crippen LogP contribution in [0.25, 0.3) is 0 Å². The van der Waals surface area contributed by atoms with Crippen molar-refractivity contribution in [3.05, 3.63) is 0 Å². The van der Waals surface area contributed by atoms with Gasteiger partial charge in [0.2, 0.25) is 0 Å². The number of hydrogen-bond acceptors (Lipinski definition) is 2. The molecule has 4 aliphatic carbocycles. The van der Waals surface area contributed by atoms with Gasteiger partial charge in [0.05, 0.1) is 0 Å². The highest BCUT2D eigenvalue weighted by molar-refractivity contribution is 7.99. The SMILES string of the molecule is C1CSCC(NC2C3CC4CC(C3)CC2C4)C1. The Morgan fingerprint density at radius 2 is 1.59 bits per heavy atom. The molecular formula is C15H25NS. The van der Waals surface area contributed by atoms with E-state index in [1.54, 1.807) is 32.1 Å². The second-order valence-electron chi connectivity index (χ2n) is 7.04. The highest BCUT2D eigenvalue weighted by Gasteiger charge is 2.48. The fourth-order valence-electron chi connectivity index (χ4n) is 5.34. The van der Waals surface area contributed by atoms with E-state index in [4.69, 9.17) is 0 Å². The van der Waals surface area contributed by atoms with Crippen LogP contribution in [0.2, 0.25) is 0 Å². The lowest BCUT2D eigenvalue weighted by atomic mass is 9.54. The van der Waals surface area contributed by atoms with Crippen LogP contribution in [0.1, 0.15) is 44.9 Å². The van der Waals surface area contributed by atoms with Crippen molar-refractivity contribution in [3.63, 3.8) is 0 Å². The van der Waals surface area contributed by atoms with Crippen molar-refractivity contribution in [2.24, 2.45) is 23.7 Å². The predicted molar refractivity (Wildman–Crippen MR) is 74.3 cm³/mol. The molecule has 0 radical (unpaired) electrons. The van der Waals surface area contributed by atoms with E-state index in [1.807, 2.05) is 0 Å². The van der Waals surface area contributed by atoms with E-state index in [2.05, 4.69) is 17.1 Å². The van der Waals surface area contributed by atoms with E-state index >= 15 is 0 Å². The zero-order chi connectivity index (χ0) is 11.2. The van der Waals surface area contributed by atoms with E-state index in [1.165, 1.54) is 24.3 Å². The van der Waals surface area contributed by atoms with E-state index in [0.29, 0.717) is 0 Å². The summed E-state index contributed by atoms with van der Waals surface area (Å²) in [5.41, 5.74) is 0. The average molecular weight is 251 g/mol. The number of thioether (sulfide) groups is 1. The molecule has 1 N–H and O–H groups in total. The molecule has 2 heteroatoms. The molecule has 1 aliphatic heterocycles. The summed E-state index contributed by atoms with van der Waals surface area (Å²) in [6, 6.07) is 1.75. The standard InChI is InChI=1S/C15H25NS/c1-2-14(9-17-3-1)16-15-12-5-10-4-11(7-12)8-13(15)6-10/h10-16H,1-9H2. The fourth-order valence-corrected chi connectivity index (χ4v) is 6.43. The smallest absolute Gasteiger partial charge is 0.0161 e. The van der Waals surface area contributed by atoms with Gasteiger partial charge in [-0.15, -0.1) is 0 Å². The molecule has 0 spiro atoms. The van der Waals surface area contributed by atoms with Crippen molar-refractivity contribution in [1.29, 1.82) is 0 Å². The second-order valence-corrected chi connectivity index (χ2v) is 8.19. The Morgan fingerprint density at radius 3 is 2.18 bits per heavy atom. The Balaban J connectivity index is 1.43. The van der Waals surface area contributed by atoms with Gasteiger partial charge in [-0.05, 0) is 74.4 Å². The lowest BCUT2D eigenvalue weighted by Gasteiger charge is -2.55. The van der Waals surface area contributed by atoms with Gasteiger partial charge in [0, 0.05) is 17.8 Å². The molecule has 1 saturated heterocycles. The summed E-state index contributed by atoms with van der Waals surface area (Å²) in [5.74, 6) is 7.13. The Kier molecular flexibility index (Phi) is 2.92. The van der Waals surface area contributed by atoms with Crippen LogP contribution in [0.4, 0.5) is 0 Å². The maximum absolute atomic E-state index is 4.08. The molecule has 4 saturated carbocycles. The molecule has 5 fully saturated rings. The molecule has 0 amide bonds. The van der Waals surface area contributed by atoms with Crippen LogP contribution in [0.5, 0.6) is 0 Å². The van der Waals surface area contributed by atoms with Gasteiger partial charge in [-0.25, -0.2) is 0 Å². The summed E-state index contributed by atoms with van der Waals surface area (Å²) < 4.78 is 0. The summed E-state index contributed by atoms with van der Waals surface area (Å²) in [4.78, 5) is 0. The van der Waals surface area contributed by atoms with Gasteiger partial charge in [0.15, 0.2) is 0 Å². The molecule has 1 atom stereocenters. The number of hydrogen-bond donors (Lipinski definition) is 1. The minimum absolute atomic E-state index is 0.844.